The minimum Gasteiger partial charge on any atom is -0.478 e. The van der Waals surface area contributed by atoms with Crippen molar-refractivity contribution >= 4 is 17.7 Å². The summed E-state index contributed by atoms with van der Waals surface area (Å²) in [6.07, 6.45) is 0. The maximum absolute atomic E-state index is 13.6. The van der Waals surface area contributed by atoms with Gasteiger partial charge < -0.3 is 15.3 Å². The molecule has 0 radical (unpaired) electrons. The van der Waals surface area contributed by atoms with Gasteiger partial charge in [0.25, 0.3) is 0 Å². The lowest BCUT2D eigenvalue weighted by molar-refractivity contribution is 0.0693. The monoisotopic (exact) mass is 296 g/mol. The third kappa shape index (κ3) is 4.44. The largest absolute Gasteiger partial charge is 0.478 e. The third-order valence-corrected chi connectivity index (χ3v) is 2.92. The molecule has 0 aliphatic carbocycles. The number of aromatic carboxylic acids is 1. The molecule has 0 saturated heterocycles. The highest BCUT2D eigenvalue weighted by molar-refractivity contribution is 6.00. The molecule has 0 saturated carbocycles. The molecule has 1 aromatic rings. The van der Waals surface area contributed by atoms with Crippen LogP contribution in [-0.2, 0) is 0 Å². The molecule has 2 N–H and O–H groups in total. The molecule has 0 aliphatic rings. The minimum atomic E-state index is -1.41. The van der Waals surface area contributed by atoms with Crippen LogP contribution in [0.5, 0.6) is 0 Å². The van der Waals surface area contributed by atoms with E-state index in [0.717, 1.165) is 6.07 Å². The predicted octanol–water partition coefficient (Wildman–Crippen LogP) is 3.42. The van der Waals surface area contributed by atoms with Gasteiger partial charge in [-0.25, -0.2) is 14.0 Å². The summed E-state index contributed by atoms with van der Waals surface area (Å²) in [6, 6.07) is 3.30. The van der Waals surface area contributed by atoms with Crippen molar-refractivity contribution in [1.29, 1.82) is 0 Å². The smallest absolute Gasteiger partial charge is 0.340 e. The Morgan fingerprint density at radius 1 is 1.29 bits per heavy atom. The molecule has 0 aliphatic heterocycles. The highest BCUT2D eigenvalue weighted by Crippen LogP contribution is 2.20. The first kappa shape index (κ1) is 16.9. The average Bonchev–Trinajstić information content (AvgIpc) is 2.34. The summed E-state index contributed by atoms with van der Waals surface area (Å²) < 4.78 is 13.6. The van der Waals surface area contributed by atoms with Gasteiger partial charge in [0.1, 0.15) is 11.4 Å². The number of benzene rings is 1. The molecule has 2 amide bonds. The first-order valence-corrected chi connectivity index (χ1v) is 6.83. The van der Waals surface area contributed by atoms with E-state index in [4.69, 9.17) is 5.11 Å². The molecule has 1 aromatic carbocycles. The molecular weight excluding hydrogens is 275 g/mol. The SMILES string of the molecule is CC(C)CN(C(=O)Nc1cccc(F)c1C(=O)O)C(C)C. The molecule has 0 fully saturated rings. The summed E-state index contributed by atoms with van der Waals surface area (Å²) in [7, 11) is 0. The lowest BCUT2D eigenvalue weighted by Crippen LogP contribution is -2.42. The zero-order valence-corrected chi connectivity index (χ0v) is 12.7. The quantitative estimate of drug-likeness (QED) is 0.874. The van der Waals surface area contributed by atoms with Crippen molar-refractivity contribution in [3.05, 3.63) is 29.6 Å². The summed E-state index contributed by atoms with van der Waals surface area (Å²) in [5.41, 5.74) is -0.569. The van der Waals surface area contributed by atoms with Crippen LogP contribution < -0.4 is 5.32 Å². The molecule has 0 aromatic heterocycles. The molecule has 116 valence electrons. The van der Waals surface area contributed by atoms with Crippen LogP contribution in [0.3, 0.4) is 0 Å². The van der Waals surface area contributed by atoms with E-state index < -0.39 is 23.4 Å². The normalized spacial score (nSPS) is 10.8. The summed E-state index contributed by atoms with van der Waals surface area (Å²) in [5.74, 6) is -2.02. The fraction of sp³-hybridized carbons (Fsp3) is 0.467. The zero-order chi connectivity index (χ0) is 16.2. The first-order chi connectivity index (χ1) is 9.73. The number of urea groups is 1. The molecule has 21 heavy (non-hydrogen) atoms. The number of carbonyl (C=O) groups is 2. The molecule has 0 bridgehead atoms. The standard InChI is InChI=1S/C15H21FN2O3/c1-9(2)8-18(10(3)4)15(21)17-12-7-5-6-11(16)13(12)14(19)20/h5-7,9-10H,8H2,1-4H3,(H,17,21)(H,19,20). The van der Waals surface area contributed by atoms with Crippen molar-refractivity contribution in [2.24, 2.45) is 5.92 Å². The van der Waals surface area contributed by atoms with Crippen LogP contribution in [0, 0.1) is 11.7 Å². The zero-order valence-electron chi connectivity index (χ0n) is 12.7. The van der Waals surface area contributed by atoms with Crippen LogP contribution in [0.2, 0.25) is 0 Å². The molecule has 6 heteroatoms. The van der Waals surface area contributed by atoms with Crippen molar-refractivity contribution in [2.45, 2.75) is 33.7 Å². The van der Waals surface area contributed by atoms with E-state index in [9.17, 15) is 14.0 Å². The van der Waals surface area contributed by atoms with E-state index in [0.29, 0.717) is 6.54 Å². The molecule has 5 nitrogen and oxygen atoms in total. The van der Waals surface area contributed by atoms with Gasteiger partial charge in [-0.1, -0.05) is 19.9 Å². The van der Waals surface area contributed by atoms with Gasteiger partial charge in [0.15, 0.2) is 0 Å². The van der Waals surface area contributed by atoms with Gasteiger partial charge >= 0.3 is 12.0 Å². The highest BCUT2D eigenvalue weighted by atomic mass is 19.1. The van der Waals surface area contributed by atoms with Crippen molar-refractivity contribution in [1.82, 2.24) is 4.90 Å². The van der Waals surface area contributed by atoms with E-state index in [1.807, 2.05) is 27.7 Å². The van der Waals surface area contributed by atoms with Crippen LogP contribution in [-0.4, -0.2) is 34.6 Å². The Morgan fingerprint density at radius 2 is 1.90 bits per heavy atom. The Hall–Kier alpha value is -2.11. The van der Waals surface area contributed by atoms with Crippen LogP contribution in [0.1, 0.15) is 38.1 Å². The topological polar surface area (TPSA) is 69.6 Å². The second kappa shape index (κ2) is 7.06. The van der Waals surface area contributed by atoms with E-state index in [-0.39, 0.29) is 17.6 Å². The second-order valence-electron chi connectivity index (χ2n) is 5.54. The Morgan fingerprint density at radius 3 is 2.38 bits per heavy atom. The van der Waals surface area contributed by atoms with E-state index in [2.05, 4.69) is 5.32 Å². The summed E-state index contributed by atoms with van der Waals surface area (Å²) in [5, 5.41) is 11.5. The lowest BCUT2D eigenvalue weighted by atomic mass is 10.1. The highest BCUT2D eigenvalue weighted by Gasteiger charge is 2.22. The van der Waals surface area contributed by atoms with Gasteiger partial charge in [0.05, 0.1) is 5.69 Å². The molecule has 0 atom stereocenters. The van der Waals surface area contributed by atoms with Crippen LogP contribution >= 0.6 is 0 Å². The number of nitrogens with one attached hydrogen (secondary N) is 1. The van der Waals surface area contributed by atoms with Crippen LogP contribution in [0.15, 0.2) is 18.2 Å². The van der Waals surface area contributed by atoms with E-state index in [1.54, 1.807) is 4.90 Å². The van der Waals surface area contributed by atoms with Crippen LogP contribution in [0.4, 0.5) is 14.9 Å². The molecule has 0 unspecified atom stereocenters. The first-order valence-electron chi connectivity index (χ1n) is 6.83. The van der Waals surface area contributed by atoms with Crippen molar-refractivity contribution in [2.75, 3.05) is 11.9 Å². The van der Waals surface area contributed by atoms with Crippen molar-refractivity contribution in [3.8, 4) is 0 Å². The van der Waals surface area contributed by atoms with Crippen molar-refractivity contribution < 1.29 is 19.1 Å². The fourth-order valence-corrected chi connectivity index (χ4v) is 1.95. The maximum Gasteiger partial charge on any atom is 0.340 e. The fourth-order valence-electron chi connectivity index (χ4n) is 1.95. The number of carboxylic acids is 1. The maximum atomic E-state index is 13.6. The number of nitrogens with zero attached hydrogens (tertiary/aromatic N) is 1. The number of amides is 2. The van der Waals surface area contributed by atoms with Crippen LogP contribution in [0.25, 0.3) is 0 Å². The predicted molar refractivity (Wildman–Crippen MR) is 79.1 cm³/mol. The molecule has 1 rings (SSSR count). The summed E-state index contributed by atoms with van der Waals surface area (Å²) in [6.45, 7) is 8.22. The minimum absolute atomic E-state index is 0.0399. The Bertz CT molecular complexity index is 530. The van der Waals surface area contributed by atoms with Gasteiger partial charge in [0.2, 0.25) is 0 Å². The number of halogens is 1. The van der Waals surface area contributed by atoms with Gasteiger partial charge in [-0.3, -0.25) is 0 Å². The number of carbonyl (C=O) groups excluding carboxylic acids is 1. The summed E-state index contributed by atoms with van der Waals surface area (Å²) in [4.78, 5) is 25.0. The molecule has 0 heterocycles. The third-order valence-electron chi connectivity index (χ3n) is 2.92. The van der Waals surface area contributed by atoms with Gasteiger partial charge in [0, 0.05) is 12.6 Å². The van der Waals surface area contributed by atoms with Gasteiger partial charge in [-0.2, -0.15) is 0 Å². The Kier molecular flexibility index (Phi) is 5.69. The molecule has 0 spiro atoms. The average molecular weight is 296 g/mol. The van der Waals surface area contributed by atoms with Gasteiger partial charge in [-0.05, 0) is 31.9 Å². The number of carboxylic acid groups (broad SMARTS) is 1. The van der Waals surface area contributed by atoms with E-state index >= 15 is 0 Å². The Labute approximate surface area is 123 Å². The van der Waals surface area contributed by atoms with Crippen molar-refractivity contribution in [3.63, 3.8) is 0 Å². The van der Waals surface area contributed by atoms with E-state index in [1.165, 1.54) is 12.1 Å². The second-order valence-corrected chi connectivity index (χ2v) is 5.54. The number of hydrogen-bond acceptors (Lipinski definition) is 2. The number of anilines is 1. The number of hydrogen-bond donors (Lipinski definition) is 2. The Balaban J connectivity index is 3.02. The number of rotatable bonds is 5. The molecular formula is C15H21FN2O3. The summed E-state index contributed by atoms with van der Waals surface area (Å²) >= 11 is 0. The lowest BCUT2D eigenvalue weighted by Gasteiger charge is -2.28. The van der Waals surface area contributed by atoms with Gasteiger partial charge in [-0.15, -0.1) is 0 Å².